The van der Waals surface area contributed by atoms with Crippen molar-refractivity contribution in [1.29, 1.82) is 0 Å². The molecule has 0 radical (unpaired) electrons. The molecular weight excluding hydrogens is 372 g/mol. The third kappa shape index (κ3) is 4.02. The summed E-state index contributed by atoms with van der Waals surface area (Å²) in [6.45, 7) is 2.78. The Balaban J connectivity index is 1.86. The number of halogens is 1. The van der Waals surface area contributed by atoms with Crippen molar-refractivity contribution in [2.24, 2.45) is 0 Å². The maximum Gasteiger partial charge on any atom is 0.261 e. The molecule has 0 fully saturated rings. The van der Waals surface area contributed by atoms with Crippen LogP contribution in [0.3, 0.4) is 0 Å². The molecule has 1 aliphatic heterocycles. The highest BCUT2D eigenvalue weighted by Gasteiger charge is 2.24. The Bertz CT molecular complexity index is 928. The third-order valence-corrected chi connectivity index (χ3v) is 5.99. The van der Waals surface area contributed by atoms with E-state index in [1.807, 2.05) is 12.1 Å². The van der Waals surface area contributed by atoms with Gasteiger partial charge < -0.3 is 4.90 Å². The smallest absolute Gasteiger partial charge is 0.261 e. The maximum absolute atomic E-state index is 12.5. The minimum atomic E-state index is -3.72. The number of unbranched alkanes of at least 4 members (excludes halogenated alkanes) is 1. The number of carbonyl (C=O) groups excluding carboxylic acids is 1. The standard InChI is InChI=1S/C19H21ClN2O3S/c1-2-3-11-22-18-9-8-16(12-14(18)7-10-19(22)23)21-26(24,25)17-6-4-5-15(20)13-17/h4-6,8-9,12-13,21H,2-3,7,10-11H2,1H3. The van der Waals surface area contributed by atoms with Crippen molar-refractivity contribution in [2.75, 3.05) is 16.2 Å². The molecule has 138 valence electrons. The Morgan fingerprint density at radius 2 is 1.96 bits per heavy atom. The average molecular weight is 393 g/mol. The zero-order valence-corrected chi connectivity index (χ0v) is 16.1. The molecule has 3 rings (SSSR count). The van der Waals surface area contributed by atoms with E-state index in [0.29, 0.717) is 30.1 Å². The summed E-state index contributed by atoms with van der Waals surface area (Å²) < 4.78 is 27.7. The van der Waals surface area contributed by atoms with Crippen LogP contribution in [0.5, 0.6) is 0 Å². The van der Waals surface area contributed by atoms with Gasteiger partial charge in [-0.05, 0) is 54.8 Å². The zero-order valence-electron chi connectivity index (χ0n) is 14.5. The lowest BCUT2D eigenvalue weighted by atomic mass is 10.00. The highest BCUT2D eigenvalue weighted by molar-refractivity contribution is 7.92. The number of aryl methyl sites for hydroxylation is 1. The van der Waals surface area contributed by atoms with Crippen molar-refractivity contribution >= 4 is 38.9 Å². The van der Waals surface area contributed by atoms with Gasteiger partial charge in [-0.25, -0.2) is 8.42 Å². The molecule has 7 heteroatoms. The number of nitrogens with zero attached hydrogens (tertiary/aromatic N) is 1. The van der Waals surface area contributed by atoms with Crippen molar-refractivity contribution in [2.45, 2.75) is 37.5 Å². The summed E-state index contributed by atoms with van der Waals surface area (Å²) in [5.41, 5.74) is 2.33. The zero-order chi connectivity index (χ0) is 18.7. The summed E-state index contributed by atoms with van der Waals surface area (Å²) in [4.78, 5) is 14.1. The minimum Gasteiger partial charge on any atom is -0.312 e. The number of amides is 1. The summed E-state index contributed by atoms with van der Waals surface area (Å²) >= 11 is 5.89. The third-order valence-electron chi connectivity index (χ3n) is 4.37. The van der Waals surface area contributed by atoms with E-state index in [1.165, 1.54) is 12.1 Å². The number of fused-ring (bicyclic) bond motifs is 1. The van der Waals surface area contributed by atoms with Gasteiger partial charge in [0.2, 0.25) is 5.91 Å². The highest BCUT2D eigenvalue weighted by Crippen LogP contribution is 2.31. The normalized spacial score (nSPS) is 14.2. The first kappa shape index (κ1) is 18.7. The van der Waals surface area contributed by atoms with Gasteiger partial charge in [0.05, 0.1) is 4.90 Å². The Morgan fingerprint density at radius 1 is 1.15 bits per heavy atom. The van der Waals surface area contributed by atoms with Crippen LogP contribution in [0.15, 0.2) is 47.4 Å². The topological polar surface area (TPSA) is 66.5 Å². The van der Waals surface area contributed by atoms with Crippen molar-refractivity contribution in [1.82, 2.24) is 0 Å². The lowest BCUT2D eigenvalue weighted by Crippen LogP contribution is -2.35. The molecule has 2 aromatic rings. The summed E-state index contributed by atoms with van der Waals surface area (Å²) in [7, 11) is -3.72. The molecule has 0 bridgehead atoms. The molecule has 0 aromatic heterocycles. The summed E-state index contributed by atoms with van der Waals surface area (Å²) in [6.07, 6.45) is 3.01. The van der Waals surface area contributed by atoms with E-state index in [4.69, 9.17) is 11.6 Å². The van der Waals surface area contributed by atoms with Gasteiger partial charge in [-0.3, -0.25) is 9.52 Å². The fourth-order valence-corrected chi connectivity index (χ4v) is 4.38. The van der Waals surface area contributed by atoms with Crippen LogP contribution in [0, 0.1) is 0 Å². The summed E-state index contributed by atoms with van der Waals surface area (Å²) in [6, 6.07) is 11.5. The molecule has 2 aromatic carbocycles. The first-order valence-electron chi connectivity index (χ1n) is 8.62. The van der Waals surface area contributed by atoms with Crippen molar-refractivity contribution < 1.29 is 13.2 Å². The van der Waals surface area contributed by atoms with E-state index < -0.39 is 10.0 Å². The van der Waals surface area contributed by atoms with E-state index in [9.17, 15) is 13.2 Å². The van der Waals surface area contributed by atoms with Gasteiger partial charge in [0.25, 0.3) is 10.0 Å². The molecule has 0 unspecified atom stereocenters. The number of rotatable bonds is 6. The molecule has 1 aliphatic rings. The Hall–Kier alpha value is -2.05. The lowest BCUT2D eigenvalue weighted by molar-refractivity contribution is -0.118. The summed E-state index contributed by atoms with van der Waals surface area (Å²) in [5.74, 6) is 0.123. The second-order valence-corrected chi connectivity index (χ2v) is 8.42. The van der Waals surface area contributed by atoms with E-state index in [2.05, 4.69) is 11.6 Å². The first-order chi connectivity index (χ1) is 12.4. The first-order valence-corrected chi connectivity index (χ1v) is 10.5. The van der Waals surface area contributed by atoms with Crippen LogP contribution in [0.25, 0.3) is 0 Å². The molecule has 1 amide bonds. The van der Waals surface area contributed by atoms with Crippen LogP contribution in [0.1, 0.15) is 31.7 Å². The van der Waals surface area contributed by atoms with Gasteiger partial charge in [-0.15, -0.1) is 0 Å². The van der Waals surface area contributed by atoms with E-state index >= 15 is 0 Å². The number of anilines is 2. The van der Waals surface area contributed by atoms with Crippen LogP contribution in [-0.2, 0) is 21.2 Å². The van der Waals surface area contributed by atoms with Gasteiger partial charge >= 0.3 is 0 Å². The van der Waals surface area contributed by atoms with Crippen LogP contribution < -0.4 is 9.62 Å². The molecule has 5 nitrogen and oxygen atoms in total. The molecule has 26 heavy (non-hydrogen) atoms. The monoisotopic (exact) mass is 392 g/mol. The van der Waals surface area contributed by atoms with Crippen molar-refractivity contribution in [3.63, 3.8) is 0 Å². The van der Waals surface area contributed by atoms with E-state index in [-0.39, 0.29) is 10.8 Å². The fraction of sp³-hybridized carbons (Fsp3) is 0.316. The van der Waals surface area contributed by atoms with Gasteiger partial charge in [0, 0.05) is 29.4 Å². The number of carbonyl (C=O) groups is 1. The number of hydrogen-bond acceptors (Lipinski definition) is 3. The van der Waals surface area contributed by atoms with Gasteiger partial charge in [0.15, 0.2) is 0 Å². The predicted octanol–water partition coefficient (Wildman–Crippen LogP) is 4.22. The van der Waals surface area contributed by atoms with Gasteiger partial charge in [-0.2, -0.15) is 0 Å². The lowest BCUT2D eigenvalue weighted by Gasteiger charge is -2.29. The molecule has 0 saturated carbocycles. The van der Waals surface area contributed by atoms with Crippen LogP contribution >= 0.6 is 11.6 Å². The predicted molar refractivity (Wildman–Crippen MR) is 104 cm³/mol. The Labute approximate surface area is 159 Å². The SMILES string of the molecule is CCCCN1C(=O)CCc2cc(NS(=O)(=O)c3cccc(Cl)c3)ccc21. The van der Waals surface area contributed by atoms with Crippen LogP contribution in [-0.4, -0.2) is 20.9 Å². The quantitative estimate of drug-likeness (QED) is 0.800. The molecule has 0 aliphatic carbocycles. The molecule has 0 spiro atoms. The molecule has 0 atom stereocenters. The van der Waals surface area contributed by atoms with Gasteiger partial charge in [-0.1, -0.05) is 31.0 Å². The van der Waals surface area contributed by atoms with Crippen LogP contribution in [0.4, 0.5) is 11.4 Å². The minimum absolute atomic E-state index is 0.113. The van der Waals surface area contributed by atoms with Crippen molar-refractivity contribution in [3.05, 3.63) is 53.1 Å². The van der Waals surface area contributed by atoms with E-state index in [0.717, 1.165) is 24.1 Å². The molecule has 1 N–H and O–H groups in total. The Morgan fingerprint density at radius 3 is 2.69 bits per heavy atom. The highest BCUT2D eigenvalue weighted by atomic mass is 35.5. The second-order valence-electron chi connectivity index (χ2n) is 6.31. The average Bonchev–Trinajstić information content (AvgIpc) is 2.61. The molecule has 0 saturated heterocycles. The maximum atomic E-state index is 12.5. The van der Waals surface area contributed by atoms with Crippen molar-refractivity contribution in [3.8, 4) is 0 Å². The number of benzene rings is 2. The number of sulfonamides is 1. The molecular formula is C19H21ClN2O3S. The second kappa shape index (κ2) is 7.68. The fourth-order valence-electron chi connectivity index (χ4n) is 3.03. The Kier molecular flexibility index (Phi) is 5.53. The van der Waals surface area contributed by atoms with E-state index in [1.54, 1.807) is 23.1 Å². The summed E-state index contributed by atoms with van der Waals surface area (Å²) in [5, 5.41) is 0.364. The largest absolute Gasteiger partial charge is 0.312 e. The number of hydrogen-bond donors (Lipinski definition) is 1. The van der Waals surface area contributed by atoms with Gasteiger partial charge in [0.1, 0.15) is 0 Å². The number of nitrogens with one attached hydrogen (secondary N) is 1. The van der Waals surface area contributed by atoms with Crippen LogP contribution in [0.2, 0.25) is 5.02 Å². The molecule has 1 heterocycles.